The average Bonchev–Trinajstić information content (AvgIpc) is 2.86. The van der Waals surface area contributed by atoms with Gasteiger partial charge < -0.3 is 4.90 Å². The summed E-state index contributed by atoms with van der Waals surface area (Å²) in [6.07, 6.45) is 0. The van der Waals surface area contributed by atoms with E-state index < -0.39 is 6.04 Å². The Labute approximate surface area is 199 Å². The summed E-state index contributed by atoms with van der Waals surface area (Å²) in [6.45, 7) is 7.32. The van der Waals surface area contributed by atoms with Crippen molar-refractivity contribution in [1.29, 1.82) is 0 Å². The van der Waals surface area contributed by atoms with Crippen molar-refractivity contribution in [2.24, 2.45) is 4.99 Å². The lowest BCUT2D eigenvalue weighted by Crippen LogP contribution is -2.54. The highest BCUT2D eigenvalue weighted by atomic mass is 16.2. The van der Waals surface area contributed by atoms with E-state index in [1.165, 1.54) is 11.8 Å². The zero-order valence-electron chi connectivity index (χ0n) is 19.6. The summed E-state index contributed by atoms with van der Waals surface area (Å²) >= 11 is 0. The Balaban J connectivity index is 1.86. The topological polar surface area (TPSA) is 70.1 Å². The molecular weight excluding hydrogens is 426 g/mol. The van der Waals surface area contributed by atoms with E-state index in [9.17, 15) is 14.4 Å². The largest absolute Gasteiger partial charge is 0.372 e. The van der Waals surface area contributed by atoms with Crippen LogP contribution >= 0.6 is 0 Å². The molecule has 0 heterocycles. The van der Waals surface area contributed by atoms with Crippen LogP contribution in [0.4, 0.5) is 17.1 Å². The molecule has 0 bridgehead atoms. The molecule has 6 nitrogen and oxygen atoms in total. The fourth-order valence-corrected chi connectivity index (χ4v) is 4.35. The van der Waals surface area contributed by atoms with Crippen LogP contribution < -0.4 is 9.80 Å². The maximum absolute atomic E-state index is 13.7. The van der Waals surface area contributed by atoms with Crippen LogP contribution in [0.5, 0.6) is 0 Å². The maximum atomic E-state index is 13.7. The highest BCUT2D eigenvalue weighted by Crippen LogP contribution is 2.29. The Kier molecular flexibility index (Phi) is 6.68. The van der Waals surface area contributed by atoms with Gasteiger partial charge in [0.1, 0.15) is 11.8 Å². The minimum Gasteiger partial charge on any atom is -0.372 e. The smallest absolute Gasteiger partial charge is 0.224 e. The van der Waals surface area contributed by atoms with Crippen LogP contribution in [-0.2, 0) is 4.79 Å². The van der Waals surface area contributed by atoms with E-state index in [0.29, 0.717) is 22.5 Å². The first-order valence-corrected chi connectivity index (χ1v) is 11.4. The Bertz CT molecular complexity index is 1250. The van der Waals surface area contributed by atoms with Gasteiger partial charge in [-0.15, -0.1) is 0 Å². The molecule has 3 aromatic carbocycles. The number of para-hydroxylation sites is 1. The first kappa shape index (κ1) is 23.1. The number of Topliss-reactive ketones (excluding diaryl/α,β-unsaturated/α-hetero) is 2. The fourth-order valence-electron chi connectivity index (χ4n) is 4.35. The molecular formula is C28H27N3O3. The molecule has 0 aliphatic heterocycles. The number of fused-ring (bicyclic) bond motifs is 1. The third-order valence-electron chi connectivity index (χ3n) is 6.04. The van der Waals surface area contributed by atoms with Crippen molar-refractivity contribution >= 4 is 40.2 Å². The lowest BCUT2D eigenvalue weighted by Gasteiger charge is -2.33. The molecule has 3 aromatic rings. The average molecular weight is 454 g/mol. The van der Waals surface area contributed by atoms with Crippen LogP contribution in [0.2, 0.25) is 0 Å². The standard InChI is InChI=1S/C28H27N3O3/c1-4-30(5-2)21-17-15-20(16-18-21)29-25-26(31(19(3)32)22-11-7-6-8-12-22)28(34)24-14-10-9-13-23(24)27(25)33/h6-18,26H,4-5H2,1-3H3. The predicted octanol–water partition coefficient (Wildman–Crippen LogP) is 5.11. The molecule has 1 amide bonds. The zero-order valence-corrected chi connectivity index (χ0v) is 19.6. The molecule has 1 unspecified atom stereocenters. The number of rotatable bonds is 6. The number of benzene rings is 3. The van der Waals surface area contributed by atoms with Gasteiger partial charge in [-0.1, -0.05) is 42.5 Å². The number of anilines is 2. The SMILES string of the molecule is CCN(CC)c1ccc(N=C2C(=O)c3ccccc3C(=O)C2N(C(C)=O)c2ccccc2)cc1. The van der Waals surface area contributed by atoms with Crippen molar-refractivity contribution in [2.45, 2.75) is 26.8 Å². The molecule has 34 heavy (non-hydrogen) atoms. The van der Waals surface area contributed by atoms with Gasteiger partial charge in [0, 0.05) is 42.5 Å². The minimum absolute atomic E-state index is 0.0401. The summed E-state index contributed by atoms with van der Waals surface area (Å²) in [5.74, 6) is -1.02. The van der Waals surface area contributed by atoms with Crippen LogP contribution in [0.15, 0.2) is 83.9 Å². The Hall–Kier alpha value is -4.06. The minimum atomic E-state index is -1.15. The van der Waals surface area contributed by atoms with Crippen LogP contribution in [0.25, 0.3) is 0 Å². The number of carbonyl (C=O) groups is 3. The molecule has 0 N–H and O–H groups in total. The Morgan fingerprint density at radius 3 is 1.97 bits per heavy atom. The van der Waals surface area contributed by atoms with Crippen LogP contribution in [0.3, 0.4) is 0 Å². The van der Waals surface area contributed by atoms with Gasteiger partial charge in [-0.3, -0.25) is 19.3 Å². The van der Waals surface area contributed by atoms with E-state index in [2.05, 4.69) is 23.7 Å². The number of hydrogen-bond donors (Lipinski definition) is 0. The molecule has 1 atom stereocenters. The van der Waals surface area contributed by atoms with Crippen molar-refractivity contribution in [1.82, 2.24) is 0 Å². The second-order valence-electron chi connectivity index (χ2n) is 8.05. The molecule has 0 radical (unpaired) electrons. The molecule has 0 saturated carbocycles. The molecule has 172 valence electrons. The van der Waals surface area contributed by atoms with E-state index in [1.54, 1.807) is 48.5 Å². The van der Waals surface area contributed by atoms with Crippen LogP contribution in [0, 0.1) is 0 Å². The van der Waals surface area contributed by atoms with Gasteiger partial charge in [0.05, 0.1) is 5.69 Å². The highest BCUT2D eigenvalue weighted by Gasteiger charge is 2.43. The van der Waals surface area contributed by atoms with Gasteiger partial charge >= 0.3 is 0 Å². The van der Waals surface area contributed by atoms with Gasteiger partial charge in [0.15, 0.2) is 5.78 Å². The first-order chi connectivity index (χ1) is 16.5. The summed E-state index contributed by atoms with van der Waals surface area (Å²) in [5.41, 5.74) is 2.78. The maximum Gasteiger partial charge on any atom is 0.224 e. The first-order valence-electron chi connectivity index (χ1n) is 11.4. The Morgan fingerprint density at radius 1 is 0.794 bits per heavy atom. The number of ketones is 2. The van der Waals surface area contributed by atoms with Crippen molar-refractivity contribution in [2.75, 3.05) is 22.9 Å². The Morgan fingerprint density at radius 2 is 1.38 bits per heavy atom. The monoisotopic (exact) mass is 453 g/mol. The van der Waals surface area contributed by atoms with Crippen molar-refractivity contribution in [3.8, 4) is 0 Å². The molecule has 0 saturated heterocycles. The van der Waals surface area contributed by atoms with Gasteiger partial charge in [-0.25, -0.2) is 4.99 Å². The van der Waals surface area contributed by atoms with Crippen LogP contribution in [-0.4, -0.2) is 42.3 Å². The van der Waals surface area contributed by atoms with Crippen molar-refractivity contribution in [3.63, 3.8) is 0 Å². The summed E-state index contributed by atoms with van der Waals surface area (Å²) in [6, 6.07) is 22.0. The van der Waals surface area contributed by atoms with E-state index in [4.69, 9.17) is 0 Å². The summed E-state index contributed by atoms with van der Waals surface area (Å²) < 4.78 is 0. The van der Waals surface area contributed by atoms with Crippen LogP contribution in [0.1, 0.15) is 41.5 Å². The van der Waals surface area contributed by atoms with E-state index >= 15 is 0 Å². The molecule has 4 rings (SSSR count). The lowest BCUT2D eigenvalue weighted by molar-refractivity contribution is -0.116. The molecule has 1 aliphatic rings. The zero-order chi connectivity index (χ0) is 24.2. The van der Waals surface area contributed by atoms with Gasteiger partial charge in [-0.2, -0.15) is 0 Å². The van der Waals surface area contributed by atoms with E-state index in [-0.39, 0.29) is 23.2 Å². The summed E-state index contributed by atoms with van der Waals surface area (Å²) in [5, 5.41) is 0. The summed E-state index contributed by atoms with van der Waals surface area (Å²) in [7, 11) is 0. The second kappa shape index (κ2) is 9.83. The summed E-state index contributed by atoms with van der Waals surface area (Å²) in [4.78, 5) is 48.2. The molecule has 1 aliphatic carbocycles. The van der Waals surface area contributed by atoms with Gasteiger partial charge in [-0.05, 0) is 50.2 Å². The number of amides is 1. The molecule has 0 spiro atoms. The van der Waals surface area contributed by atoms with Gasteiger partial charge in [0.2, 0.25) is 11.7 Å². The molecule has 0 aromatic heterocycles. The quantitative estimate of drug-likeness (QED) is 0.520. The van der Waals surface area contributed by atoms with Crippen molar-refractivity contribution in [3.05, 3.63) is 90.0 Å². The van der Waals surface area contributed by atoms with Crippen molar-refractivity contribution < 1.29 is 14.4 Å². The molecule has 0 fully saturated rings. The third kappa shape index (κ3) is 4.27. The van der Waals surface area contributed by atoms with Gasteiger partial charge in [0.25, 0.3) is 0 Å². The molecule has 6 heteroatoms. The third-order valence-corrected chi connectivity index (χ3v) is 6.04. The second-order valence-corrected chi connectivity index (χ2v) is 8.05. The number of aliphatic imine (C=N–C) groups is 1. The number of hydrogen-bond acceptors (Lipinski definition) is 5. The highest BCUT2D eigenvalue weighted by molar-refractivity contribution is 6.56. The fraction of sp³-hybridized carbons (Fsp3) is 0.214. The van der Waals surface area contributed by atoms with E-state index in [1.807, 2.05) is 30.3 Å². The predicted molar refractivity (Wildman–Crippen MR) is 136 cm³/mol. The number of carbonyl (C=O) groups excluding carboxylic acids is 3. The lowest BCUT2D eigenvalue weighted by atomic mass is 9.83. The number of nitrogens with zero attached hydrogens (tertiary/aromatic N) is 3. The van der Waals surface area contributed by atoms with E-state index in [0.717, 1.165) is 18.8 Å². The normalized spacial score (nSPS) is 16.3.